The van der Waals surface area contributed by atoms with Crippen molar-refractivity contribution in [1.82, 2.24) is 9.97 Å². The summed E-state index contributed by atoms with van der Waals surface area (Å²) in [7, 11) is -3.86. The lowest BCUT2D eigenvalue weighted by Crippen LogP contribution is -2.13. The second kappa shape index (κ2) is 8.86. The molecule has 2 heterocycles. The summed E-state index contributed by atoms with van der Waals surface area (Å²) in [4.78, 5) is 9.84. The third-order valence-corrected chi connectivity index (χ3v) is 6.53. The van der Waals surface area contributed by atoms with Crippen LogP contribution in [0.4, 0.5) is 16.0 Å². The third-order valence-electron chi connectivity index (χ3n) is 3.75. The Morgan fingerprint density at radius 1 is 1.20 bits per heavy atom. The molecule has 0 aliphatic carbocycles. The minimum Gasteiger partial charge on any atom is -0.489 e. The molecule has 0 saturated heterocycles. The number of nitrogens with zero attached hydrogens (tertiary/aromatic N) is 2. The lowest BCUT2D eigenvalue weighted by Gasteiger charge is -2.15. The predicted molar refractivity (Wildman–Crippen MR) is 120 cm³/mol. The molecule has 0 bridgehead atoms. The number of nitrogens with two attached hydrogens (primary N) is 1. The molecule has 0 radical (unpaired) electrons. The van der Waals surface area contributed by atoms with Gasteiger partial charge in [0, 0.05) is 5.38 Å². The molecule has 9 nitrogen and oxygen atoms in total. The molecule has 0 amide bonds. The van der Waals surface area contributed by atoms with Gasteiger partial charge in [0.1, 0.15) is 12.0 Å². The molecule has 12 heteroatoms. The Kier molecular flexibility index (Phi) is 6.62. The molecule has 0 aliphatic rings. The fourth-order valence-electron chi connectivity index (χ4n) is 2.57. The molecule has 30 heavy (non-hydrogen) atoms. The monoisotopic (exact) mass is 469 g/mol. The largest absolute Gasteiger partial charge is 0.489 e. The van der Waals surface area contributed by atoms with Gasteiger partial charge in [-0.05, 0) is 45.9 Å². The van der Waals surface area contributed by atoms with Gasteiger partial charge in [-0.25, -0.2) is 23.5 Å². The number of anilines is 3. The van der Waals surface area contributed by atoms with E-state index in [1.54, 1.807) is 13.0 Å². The zero-order valence-corrected chi connectivity index (χ0v) is 19.3. The summed E-state index contributed by atoms with van der Waals surface area (Å²) in [6, 6.07) is 4.40. The Labute approximate surface area is 183 Å². The number of aromatic nitrogens is 2. The number of ether oxygens (including phenoxy) is 1. The number of hydrogen-bond acceptors (Lipinski definition) is 10. The van der Waals surface area contributed by atoms with Gasteiger partial charge in [-0.1, -0.05) is 11.3 Å². The maximum Gasteiger partial charge on any atom is 0.238 e. The zero-order chi connectivity index (χ0) is 22.1. The molecule has 0 spiro atoms. The Hall–Kier alpha value is -2.25. The number of nitrogens with one attached hydrogen (secondary N) is 2. The summed E-state index contributed by atoms with van der Waals surface area (Å²) in [5, 5.41) is 23.8. The van der Waals surface area contributed by atoms with Crippen LogP contribution in [-0.4, -0.2) is 35.8 Å². The number of rotatable bonds is 8. The van der Waals surface area contributed by atoms with Crippen LogP contribution >= 0.6 is 22.7 Å². The van der Waals surface area contributed by atoms with Crippen molar-refractivity contribution in [1.29, 1.82) is 0 Å². The SMILES string of the molecule is Cc1nc(NC(C)O)sc1-c1csc(Nc2cc(S(N)(=O)=O)ccc2OC(C)C)n1. The molecule has 0 saturated carbocycles. The smallest absolute Gasteiger partial charge is 0.238 e. The fourth-order valence-corrected chi connectivity index (χ4v) is 4.90. The predicted octanol–water partition coefficient (Wildman–Crippen LogP) is 3.50. The lowest BCUT2D eigenvalue weighted by molar-refractivity contribution is 0.224. The van der Waals surface area contributed by atoms with E-state index in [4.69, 9.17) is 9.88 Å². The molecule has 1 unspecified atom stereocenters. The number of sulfonamides is 1. The summed E-state index contributed by atoms with van der Waals surface area (Å²) in [5.41, 5.74) is 1.97. The average molecular weight is 470 g/mol. The van der Waals surface area contributed by atoms with Gasteiger partial charge in [-0.15, -0.1) is 11.3 Å². The molecule has 3 rings (SSSR count). The van der Waals surface area contributed by atoms with Gasteiger partial charge in [0.05, 0.1) is 33.0 Å². The zero-order valence-electron chi connectivity index (χ0n) is 16.8. The van der Waals surface area contributed by atoms with Crippen molar-refractivity contribution in [2.75, 3.05) is 10.6 Å². The number of aliphatic hydroxyl groups excluding tert-OH is 1. The average Bonchev–Trinajstić information content (AvgIpc) is 3.20. The molecule has 162 valence electrons. The van der Waals surface area contributed by atoms with Crippen molar-refractivity contribution < 1.29 is 18.3 Å². The van der Waals surface area contributed by atoms with E-state index in [9.17, 15) is 13.5 Å². The molecule has 5 N–H and O–H groups in total. The van der Waals surface area contributed by atoms with Crippen molar-refractivity contribution in [2.24, 2.45) is 5.14 Å². The number of hydrogen-bond donors (Lipinski definition) is 4. The summed E-state index contributed by atoms with van der Waals surface area (Å²) in [5.74, 6) is 0.492. The van der Waals surface area contributed by atoms with Crippen LogP contribution in [0, 0.1) is 6.92 Å². The van der Waals surface area contributed by atoms with E-state index < -0.39 is 16.3 Å². The third kappa shape index (κ3) is 5.46. The Bertz CT molecular complexity index is 1140. The van der Waals surface area contributed by atoms with Crippen LogP contribution in [0.3, 0.4) is 0 Å². The molecule has 3 aromatic rings. The number of aliphatic hydroxyl groups is 1. The van der Waals surface area contributed by atoms with Crippen molar-refractivity contribution in [3.63, 3.8) is 0 Å². The normalized spacial score (nSPS) is 12.8. The summed E-state index contributed by atoms with van der Waals surface area (Å²) in [6.45, 7) is 7.25. The molecule has 0 fully saturated rings. The molecule has 0 aliphatic heterocycles. The Morgan fingerprint density at radius 3 is 2.57 bits per heavy atom. The molecular weight excluding hydrogens is 446 g/mol. The first-order chi connectivity index (χ1) is 14.0. The molecule has 1 aromatic carbocycles. The van der Waals surface area contributed by atoms with Gasteiger partial charge >= 0.3 is 0 Å². The standard InChI is InChI=1S/C18H23N5O4S3/c1-9(2)27-15-6-5-12(30(19,25)26)7-13(15)22-17-23-14(8-28-17)16-10(3)20-18(29-16)21-11(4)24/h5-9,11,24H,1-4H3,(H,20,21)(H,22,23)(H2,19,25,26). The minimum atomic E-state index is -3.86. The molecule has 2 aromatic heterocycles. The van der Waals surface area contributed by atoms with Crippen LogP contribution in [-0.2, 0) is 10.0 Å². The first-order valence-electron chi connectivity index (χ1n) is 9.01. The second-order valence-electron chi connectivity index (χ2n) is 6.79. The van der Waals surface area contributed by atoms with Crippen LogP contribution in [0.1, 0.15) is 26.5 Å². The van der Waals surface area contributed by atoms with Crippen LogP contribution in [0.15, 0.2) is 28.5 Å². The lowest BCUT2D eigenvalue weighted by atomic mass is 10.3. The highest BCUT2D eigenvalue weighted by Crippen LogP contribution is 2.37. The minimum absolute atomic E-state index is 0.0231. The summed E-state index contributed by atoms with van der Waals surface area (Å²) in [6.07, 6.45) is -0.807. The highest BCUT2D eigenvalue weighted by molar-refractivity contribution is 7.89. The topological polar surface area (TPSA) is 139 Å². The second-order valence-corrected chi connectivity index (χ2v) is 10.2. The van der Waals surface area contributed by atoms with E-state index in [1.807, 2.05) is 26.2 Å². The maximum absolute atomic E-state index is 11.7. The van der Waals surface area contributed by atoms with Gasteiger partial charge in [-0.2, -0.15) is 0 Å². The van der Waals surface area contributed by atoms with Gasteiger partial charge in [-0.3, -0.25) is 0 Å². The van der Waals surface area contributed by atoms with Crippen LogP contribution in [0.25, 0.3) is 10.6 Å². The van der Waals surface area contributed by atoms with Crippen LogP contribution < -0.4 is 20.5 Å². The highest BCUT2D eigenvalue weighted by atomic mass is 32.2. The molecular formula is C18H23N5O4S3. The van der Waals surface area contributed by atoms with E-state index in [0.717, 1.165) is 16.3 Å². The van der Waals surface area contributed by atoms with Crippen LogP contribution in [0.2, 0.25) is 0 Å². The van der Waals surface area contributed by atoms with Gasteiger partial charge in [0.2, 0.25) is 10.0 Å². The Balaban J connectivity index is 1.91. The van der Waals surface area contributed by atoms with Gasteiger partial charge < -0.3 is 20.5 Å². The van der Waals surface area contributed by atoms with E-state index in [0.29, 0.717) is 21.7 Å². The Morgan fingerprint density at radius 2 is 1.93 bits per heavy atom. The van der Waals surface area contributed by atoms with Gasteiger partial charge in [0.15, 0.2) is 10.3 Å². The number of primary sulfonamides is 1. The van der Waals surface area contributed by atoms with E-state index >= 15 is 0 Å². The van der Waals surface area contributed by atoms with Crippen LogP contribution in [0.5, 0.6) is 5.75 Å². The van der Waals surface area contributed by atoms with Crippen molar-refractivity contribution >= 4 is 48.6 Å². The van der Waals surface area contributed by atoms with E-state index in [-0.39, 0.29) is 11.0 Å². The number of thiazole rings is 2. The van der Waals surface area contributed by atoms with Gasteiger partial charge in [0.25, 0.3) is 0 Å². The number of aryl methyl sites for hydroxylation is 1. The van der Waals surface area contributed by atoms with Crippen molar-refractivity contribution in [3.05, 3.63) is 29.3 Å². The van der Waals surface area contributed by atoms with E-state index in [1.165, 1.54) is 34.8 Å². The first-order valence-corrected chi connectivity index (χ1v) is 12.3. The maximum atomic E-state index is 11.7. The first kappa shape index (κ1) is 22.4. The van der Waals surface area contributed by atoms with E-state index in [2.05, 4.69) is 20.6 Å². The van der Waals surface area contributed by atoms with Crippen molar-refractivity contribution in [3.8, 4) is 16.3 Å². The number of benzene rings is 1. The summed E-state index contributed by atoms with van der Waals surface area (Å²) < 4.78 is 29.3. The molecule has 1 atom stereocenters. The van der Waals surface area contributed by atoms with Crippen molar-refractivity contribution in [2.45, 2.75) is 44.9 Å². The fraction of sp³-hybridized carbons (Fsp3) is 0.333. The summed E-state index contributed by atoms with van der Waals surface area (Å²) >= 11 is 2.75. The quantitative estimate of drug-likeness (QED) is 0.368. The highest BCUT2D eigenvalue weighted by Gasteiger charge is 2.17.